The number of aryl methyl sites for hydroxylation is 1. The van der Waals surface area contributed by atoms with Crippen molar-refractivity contribution in [3.05, 3.63) is 53.9 Å². The summed E-state index contributed by atoms with van der Waals surface area (Å²) in [5, 5.41) is 1.09. The predicted octanol–water partition coefficient (Wildman–Crippen LogP) is 5.03. The summed E-state index contributed by atoms with van der Waals surface area (Å²) < 4.78 is 0. The van der Waals surface area contributed by atoms with E-state index in [2.05, 4.69) is 46.7 Å². The Labute approximate surface area is 153 Å². The Balaban J connectivity index is 1.87. The normalized spacial score (nSPS) is 12.2. The molecule has 0 aliphatic carbocycles. The van der Waals surface area contributed by atoms with E-state index >= 15 is 0 Å². The summed E-state index contributed by atoms with van der Waals surface area (Å²) in [6.07, 6.45) is 5.20. The topological polar surface area (TPSA) is 87.0 Å². The second-order valence-electron chi connectivity index (χ2n) is 7.58. The van der Waals surface area contributed by atoms with Gasteiger partial charge in [0.05, 0.1) is 11.3 Å². The summed E-state index contributed by atoms with van der Waals surface area (Å²) in [5.74, 6) is 0.452. The van der Waals surface area contributed by atoms with Gasteiger partial charge in [0.2, 0.25) is 0 Å². The van der Waals surface area contributed by atoms with Crippen LogP contribution in [0.5, 0.6) is 0 Å². The SMILES string of the molecule is C=C(/C=N\c1[nH]cc(C(=O)C(C)(C)C)c1N)c1c[nH]c2cc(C)ccc12. The molecule has 0 aliphatic rings. The number of aromatic amines is 2. The number of carbonyl (C=O) groups excluding carboxylic acids is 1. The summed E-state index contributed by atoms with van der Waals surface area (Å²) in [7, 11) is 0. The number of benzene rings is 1. The number of rotatable bonds is 4. The van der Waals surface area contributed by atoms with Gasteiger partial charge in [-0.1, -0.05) is 39.5 Å². The van der Waals surface area contributed by atoms with Crippen LogP contribution in [0.2, 0.25) is 0 Å². The van der Waals surface area contributed by atoms with Crippen molar-refractivity contribution in [1.82, 2.24) is 9.97 Å². The van der Waals surface area contributed by atoms with E-state index in [9.17, 15) is 4.79 Å². The molecule has 0 saturated heterocycles. The molecule has 3 rings (SSSR count). The second-order valence-corrected chi connectivity index (χ2v) is 7.58. The first kappa shape index (κ1) is 17.7. The summed E-state index contributed by atoms with van der Waals surface area (Å²) in [6.45, 7) is 11.8. The van der Waals surface area contributed by atoms with E-state index in [1.54, 1.807) is 12.4 Å². The number of hydrogen-bond donors (Lipinski definition) is 3. The van der Waals surface area contributed by atoms with E-state index in [0.29, 0.717) is 17.1 Å². The highest BCUT2D eigenvalue weighted by atomic mass is 16.1. The number of fused-ring (bicyclic) bond motifs is 1. The van der Waals surface area contributed by atoms with E-state index in [1.807, 2.05) is 27.0 Å². The van der Waals surface area contributed by atoms with Gasteiger partial charge in [0.15, 0.2) is 11.6 Å². The average molecular weight is 348 g/mol. The maximum absolute atomic E-state index is 12.4. The molecule has 0 amide bonds. The predicted molar refractivity (Wildman–Crippen MR) is 109 cm³/mol. The van der Waals surface area contributed by atoms with E-state index in [4.69, 9.17) is 5.73 Å². The van der Waals surface area contributed by atoms with E-state index in [0.717, 1.165) is 22.0 Å². The van der Waals surface area contributed by atoms with Gasteiger partial charge in [-0.25, -0.2) is 4.99 Å². The lowest BCUT2D eigenvalue weighted by Crippen LogP contribution is -2.20. The lowest BCUT2D eigenvalue weighted by molar-refractivity contribution is 0.0859. The second kappa shape index (κ2) is 6.33. The number of nitrogens with one attached hydrogen (secondary N) is 2. The van der Waals surface area contributed by atoms with Crippen LogP contribution in [-0.4, -0.2) is 22.0 Å². The maximum Gasteiger partial charge on any atom is 0.171 e. The largest absolute Gasteiger partial charge is 0.395 e. The van der Waals surface area contributed by atoms with Crippen LogP contribution in [0.25, 0.3) is 16.5 Å². The highest BCUT2D eigenvalue weighted by Gasteiger charge is 2.26. The van der Waals surface area contributed by atoms with Gasteiger partial charge in [-0.2, -0.15) is 0 Å². The van der Waals surface area contributed by atoms with Gasteiger partial charge in [0, 0.05) is 40.5 Å². The Morgan fingerprint density at radius 1 is 1.19 bits per heavy atom. The molecule has 1 aromatic carbocycles. The lowest BCUT2D eigenvalue weighted by Gasteiger charge is -2.15. The van der Waals surface area contributed by atoms with Crippen molar-refractivity contribution in [2.45, 2.75) is 27.7 Å². The van der Waals surface area contributed by atoms with Gasteiger partial charge in [0.1, 0.15) is 0 Å². The third kappa shape index (κ3) is 3.20. The van der Waals surface area contributed by atoms with Crippen LogP contribution < -0.4 is 5.73 Å². The molecule has 4 N–H and O–H groups in total. The lowest BCUT2D eigenvalue weighted by atomic mass is 9.87. The summed E-state index contributed by atoms with van der Waals surface area (Å²) in [4.78, 5) is 23.1. The van der Waals surface area contributed by atoms with Crippen LogP contribution in [0.1, 0.15) is 42.3 Å². The zero-order chi connectivity index (χ0) is 19.1. The molecule has 0 bridgehead atoms. The van der Waals surface area contributed by atoms with Crippen LogP contribution >= 0.6 is 0 Å². The molecule has 3 aromatic rings. The minimum absolute atomic E-state index is 0.0153. The van der Waals surface area contributed by atoms with Gasteiger partial charge < -0.3 is 15.7 Å². The number of Topliss-reactive ketones (excluding diaryl/α,β-unsaturated/α-hetero) is 1. The van der Waals surface area contributed by atoms with E-state index in [1.165, 1.54) is 5.56 Å². The van der Waals surface area contributed by atoms with Crippen molar-refractivity contribution >= 4 is 40.0 Å². The van der Waals surface area contributed by atoms with Crippen molar-refractivity contribution in [3.8, 4) is 0 Å². The fourth-order valence-electron chi connectivity index (χ4n) is 2.84. The number of anilines is 1. The Morgan fingerprint density at radius 3 is 2.58 bits per heavy atom. The Kier molecular flexibility index (Phi) is 4.32. The molecular formula is C21H24N4O. The number of H-pyrrole nitrogens is 2. The highest BCUT2D eigenvalue weighted by molar-refractivity contribution is 6.15. The third-order valence-electron chi connectivity index (χ3n) is 4.36. The maximum atomic E-state index is 12.4. The summed E-state index contributed by atoms with van der Waals surface area (Å²) >= 11 is 0. The zero-order valence-corrected chi connectivity index (χ0v) is 15.6. The Morgan fingerprint density at radius 2 is 1.88 bits per heavy atom. The quantitative estimate of drug-likeness (QED) is 0.456. The number of nitrogen functional groups attached to an aromatic ring is 1. The first-order valence-corrected chi connectivity index (χ1v) is 8.51. The molecule has 26 heavy (non-hydrogen) atoms. The van der Waals surface area contributed by atoms with Crippen LogP contribution in [0.3, 0.4) is 0 Å². The van der Waals surface area contributed by atoms with Crippen molar-refractivity contribution in [2.75, 3.05) is 5.73 Å². The van der Waals surface area contributed by atoms with Crippen molar-refractivity contribution < 1.29 is 4.79 Å². The van der Waals surface area contributed by atoms with Crippen LogP contribution in [0.15, 0.2) is 42.2 Å². The number of ketones is 1. The average Bonchev–Trinajstić information content (AvgIpc) is 3.14. The zero-order valence-electron chi connectivity index (χ0n) is 15.6. The van der Waals surface area contributed by atoms with Gasteiger partial charge in [-0.05, 0) is 24.1 Å². The molecule has 2 aromatic heterocycles. The van der Waals surface area contributed by atoms with Gasteiger partial charge >= 0.3 is 0 Å². The van der Waals surface area contributed by atoms with Gasteiger partial charge in [-0.15, -0.1) is 0 Å². The molecule has 0 aliphatic heterocycles. The molecule has 0 unspecified atom stereocenters. The molecule has 0 radical (unpaired) electrons. The van der Waals surface area contributed by atoms with Crippen LogP contribution in [0, 0.1) is 12.3 Å². The fourth-order valence-corrected chi connectivity index (χ4v) is 2.84. The van der Waals surface area contributed by atoms with Crippen LogP contribution in [0.4, 0.5) is 11.5 Å². The number of hydrogen-bond acceptors (Lipinski definition) is 3. The smallest absolute Gasteiger partial charge is 0.171 e. The molecule has 0 fully saturated rings. The minimum atomic E-state index is -0.497. The number of carbonyl (C=O) groups is 1. The summed E-state index contributed by atoms with van der Waals surface area (Å²) in [6, 6.07) is 6.23. The molecule has 5 nitrogen and oxygen atoms in total. The third-order valence-corrected chi connectivity index (χ3v) is 4.36. The van der Waals surface area contributed by atoms with Crippen molar-refractivity contribution in [1.29, 1.82) is 0 Å². The Hall–Kier alpha value is -3.08. The molecule has 5 heteroatoms. The number of nitrogens with zero attached hydrogens (tertiary/aromatic N) is 1. The number of allylic oxidation sites excluding steroid dienone is 1. The minimum Gasteiger partial charge on any atom is -0.395 e. The molecule has 2 heterocycles. The molecule has 134 valence electrons. The first-order valence-electron chi connectivity index (χ1n) is 8.51. The molecule has 0 spiro atoms. The molecular weight excluding hydrogens is 324 g/mol. The summed E-state index contributed by atoms with van der Waals surface area (Å²) in [5.41, 5.74) is 10.5. The number of aliphatic imine (C=N–C) groups is 1. The Bertz CT molecular complexity index is 1030. The van der Waals surface area contributed by atoms with Gasteiger partial charge in [0.25, 0.3) is 0 Å². The van der Waals surface area contributed by atoms with Crippen molar-refractivity contribution in [2.24, 2.45) is 10.4 Å². The van der Waals surface area contributed by atoms with E-state index in [-0.39, 0.29) is 5.78 Å². The standard InChI is InChI=1S/C21H24N4O/c1-12-6-7-14-15(10-23-17(14)8-12)13(2)9-24-20-18(22)16(11-25-20)19(26)21(3,4)5/h6-11,23,25H,2,22H2,1,3-5H3/b24-9-. The molecule has 0 saturated carbocycles. The van der Waals surface area contributed by atoms with Gasteiger partial charge in [-0.3, -0.25) is 4.79 Å². The highest BCUT2D eigenvalue weighted by Crippen LogP contribution is 2.31. The molecule has 0 atom stereocenters. The number of aromatic nitrogens is 2. The first-order chi connectivity index (χ1) is 12.2. The number of nitrogens with two attached hydrogens (primary N) is 1. The van der Waals surface area contributed by atoms with E-state index < -0.39 is 5.41 Å². The fraction of sp³-hybridized carbons (Fsp3) is 0.238. The monoisotopic (exact) mass is 348 g/mol. The van der Waals surface area contributed by atoms with Crippen molar-refractivity contribution in [3.63, 3.8) is 0 Å². The van der Waals surface area contributed by atoms with Crippen LogP contribution in [-0.2, 0) is 0 Å².